The van der Waals surface area contributed by atoms with E-state index < -0.39 is 0 Å². The van der Waals surface area contributed by atoms with E-state index in [1.54, 1.807) is 0 Å². The van der Waals surface area contributed by atoms with Crippen LogP contribution in [0.15, 0.2) is 0 Å². The summed E-state index contributed by atoms with van der Waals surface area (Å²) in [5.74, 6) is 0. The Labute approximate surface area is 88.1 Å². The number of alkyl halides is 1. The lowest BCUT2D eigenvalue weighted by molar-refractivity contribution is -0.156. The van der Waals surface area contributed by atoms with Crippen molar-refractivity contribution < 1.29 is 9.47 Å². The number of hydrogen-bond donors (Lipinski definition) is 0. The molecule has 76 valence electrons. The molecule has 4 atom stereocenters. The number of hydrogen-bond acceptors (Lipinski definition) is 2. The zero-order valence-electron chi connectivity index (χ0n) is 8.04. The molecule has 0 saturated carbocycles. The normalized spacial score (nSPS) is 44.8. The van der Waals surface area contributed by atoms with Gasteiger partial charge in [-0.2, -0.15) is 0 Å². The molecule has 2 aliphatic rings. The summed E-state index contributed by atoms with van der Waals surface area (Å²) in [6, 6.07) is 0. The maximum Gasteiger partial charge on any atom is 0.0841 e. The van der Waals surface area contributed by atoms with Gasteiger partial charge in [-0.1, -0.05) is 15.9 Å². The van der Waals surface area contributed by atoms with Crippen LogP contribution in [0, 0.1) is 0 Å². The third-order valence-electron chi connectivity index (χ3n) is 3.01. The van der Waals surface area contributed by atoms with Gasteiger partial charge in [-0.25, -0.2) is 0 Å². The van der Waals surface area contributed by atoms with Gasteiger partial charge in [-0.3, -0.25) is 0 Å². The van der Waals surface area contributed by atoms with Crippen LogP contribution >= 0.6 is 15.9 Å². The van der Waals surface area contributed by atoms with Crippen molar-refractivity contribution in [3.05, 3.63) is 0 Å². The minimum absolute atomic E-state index is 0.362. The van der Waals surface area contributed by atoms with Crippen molar-refractivity contribution in [3.8, 4) is 0 Å². The summed E-state index contributed by atoms with van der Waals surface area (Å²) >= 11 is 3.67. The predicted molar refractivity (Wildman–Crippen MR) is 55.3 cm³/mol. The van der Waals surface area contributed by atoms with E-state index in [2.05, 4.69) is 22.9 Å². The minimum Gasteiger partial charge on any atom is -0.376 e. The highest BCUT2D eigenvalue weighted by atomic mass is 79.9. The Morgan fingerprint density at radius 2 is 2.00 bits per heavy atom. The van der Waals surface area contributed by atoms with Crippen molar-refractivity contribution in [2.75, 3.05) is 6.61 Å². The van der Waals surface area contributed by atoms with Gasteiger partial charge in [0.1, 0.15) is 0 Å². The van der Waals surface area contributed by atoms with Crippen LogP contribution in [0.3, 0.4) is 0 Å². The Balaban J connectivity index is 1.93. The first-order chi connectivity index (χ1) is 6.31. The molecule has 0 aromatic carbocycles. The Morgan fingerprint density at radius 1 is 1.23 bits per heavy atom. The average Bonchev–Trinajstić information content (AvgIpc) is 2.15. The molecule has 3 heteroatoms. The molecule has 2 nitrogen and oxygen atoms in total. The van der Waals surface area contributed by atoms with Crippen molar-refractivity contribution in [1.29, 1.82) is 0 Å². The van der Waals surface area contributed by atoms with E-state index in [1.165, 1.54) is 12.8 Å². The number of fused-ring (bicyclic) bond motifs is 2. The molecule has 2 bridgehead atoms. The number of halogens is 1. The van der Waals surface area contributed by atoms with Gasteiger partial charge in [0.15, 0.2) is 0 Å². The fourth-order valence-corrected chi connectivity index (χ4v) is 2.98. The highest BCUT2D eigenvalue weighted by molar-refractivity contribution is 9.09. The molecule has 2 aliphatic heterocycles. The van der Waals surface area contributed by atoms with Crippen LogP contribution in [0.4, 0.5) is 0 Å². The van der Waals surface area contributed by atoms with E-state index in [9.17, 15) is 0 Å². The topological polar surface area (TPSA) is 18.5 Å². The third kappa shape index (κ3) is 2.08. The zero-order valence-corrected chi connectivity index (χ0v) is 9.63. The van der Waals surface area contributed by atoms with Crippen LogP contribution < -0.4 is 0 Å². The highest BCUT2D eigenvalue weighted by Gasteiger charge is 2.38. The van der Waals surface area contributed by atoms with Gasteiger partial charge >= 0.3 is 0 Å². The fourth-order valence-electron chi connectivity index (χ4n) is 2.33. The summed E-state index contributed by atoms with van der Waals surface area (Å²) in [5, 5.41) is 0. The summed E-state index contributed by atoms with van der Waals surface area (Å²) in [6.45, 7) is 2.87. The molecule has 0 radical (unpaired) electrons. The lowest BCUT2D eigenvalue weighted by Gasteiger charge is -2.42. The fraction of sp³-hybridized carbons (Fsp3) is 1.00. The number of ether oxygens (including phenoxy) is 2. The second-order valence-electron chi connectivity index (χ2n) is 3.88. The number of rotatable bonds is 2. The molecule has 0 N–H and O–H groups in total. The molecule has 0 unspecified atom stereocenters. The van der Waals surface area contributed by atoms with Gasteiger partial charge in [0.2, 0.25) is 0 Å². The average molecular weight is 249 g/mol. The van der Waals surface area contributed by atoms with Crippen molar-refractivity contribution in [3.63, 3.8) is 0 Å². The van der Waals surface area contributed by atoms with Crippen LogP contribution in [-0.2, 0) is 9.47 Å². The van der Waals surface area contributed by atoms with E-state index in [1.807, 2.05) is 0 Å². The Bertz CT molecular complexity index is 174. The highest BCUT2D eigenvalue weighted by Crippen LogP contribution is 2.35. The minimum atomic E-state index is 0.362. The van der Waals surface area contributed by atoms with Crippen LogP contribution in [0.25, 0.3) is 0 Å². The molecule has 2 heterocycles. The van der Waals surface area contributed by atoms with E-state index in [-0.39, 0.29) is 0 Å². The smallest absolute Gasteiger partial charge is 0.0841 e. The van der Waals surface area contributed by atoms with E-state index in [4.69, 9.17) is 9.47 Å². The van der Waals surface area contributed by atoms with Crippen LogP contribution in [0.1, 0.15) is 32.6 Å². The monoisotopic (exact) mass is 248 g/mol. The predicted octanol–water partition coefficient (Wildman–Crippen LogP) is 2.50. The molecular formula is C10H17BrO2. The van der Waals surface area contributed by atoms with Crippen LogP contribution in [-0.4, -0.2) is 29.7 Å². The lowest BCUT2D eigenvalue weighted by Crippen LogP contribution is -2.47. The molecule has 2 rings (SSSR count). The quantitative estimate of drug-likeness (QED) is 0.700. The van der Waals surface area contributed by atoms with Gasteiger partial charge in [0.05, 0.1) is 18.3 Å². The first kappa shape index (κ1) is 9.94. The maximum atomic E-state index is 5.93. The summed E-state index contributed by atoms with van der Waals surface area (Å²) in [4.78, 5) is 0.575. The molecule has 2 saturated heterocycles. The van der Waals surface area contributed by atoms with Crippen molar-refractivity contribution in [1.82, 2.24) is 0 Å². The maximum absolute atomic E-state index is 5.93. The SMILES string of the molecule is CCO[C@@H]1CC[C@H]2O[C@@H]1CC[C@H]2Br. The summed E-state index contributed by atoms with van der Waals surface area (Å²) < 4.78 is 11.6. The van der Waals surface area contributed by atoms with Gasteiger partial charge in [-0.15, -0.1) is 0 Å². The molecule has 2 fully saturated rings. The summed E-state index contributed by atoms with van der Waals surface area (Å²) in [7, 11) is 0. The Morgan fingerprint density at radius 3 is 2.77 bits per heavy atom. The Hall–Kier alpha value is 0.400. The molecule has 0 amide bonds. The molecule has 0 aliphatic carbocycles. The van der Waals surface area contributed by atoms with Crippen LogP contribution in [0.2, 0.25) is 0 Å². The first-order valence-corrected chi connectivity index (χ1v) is 6.14. The van der Waals surface area contributed by atoms with E-state index in [0.29, 0.717) is 23.1 Å². The molecular weight excluding hydrogens is 232 g/mol. The van der Waals surface area contributed by atoms with Gasteiger partial charge in [0.25, 0.3) is 0 Å². The molecule has 0 aromatic heterocycles. The second-order valence-corrected chi connectivity index (χ2v) is 5.05. The van der Waals surface area contributed by atoms with Crippen molar-refractivity contribution >= 4 is 15.9 Å². The van der Waals surface area contributed by atoms with E-state index in [0.717, 1.165) is 19.4 Å². The van der Waals surface area contributed by atoms with Crippen molar-refractivity contribution in [2.45, 2.75) is 55.7 Å². The first-order valence-electron chi connectivity index (χ1n) is 5.22. The molecule has 0 spiro atoms. The lowest BCUT2D eigenvalue weighted by atomic mass is 9.90. The van der Waals surface area contributed by atoms with Crippen molar-refractivity contribution in [2.24, 2.45) is 0 Å². The largest absolute Gasteiger partial charge is 0.376 e. The Kier molecular flexibility index (Phi) is 3.27. The summed E-state index contributed by atoms with van der Waals surface area (Å²) in [5.41, 5.74) is 0. The molecule has 13 heavy (non-hydrogen) atoms. The summed E-state index contributed by atoms with van der Waals surface area (Å²) in [6.07, 6.45) is 5.88. The van der Waals surface area contributed by atoms with Crippen LogP contribution in [0.5, 0.6) is 0 Å². The van der Waals surface area contributed by atoms with Gasteiger partial charge in [-0.05, 0) is 32.6 Å². The molecule has 0 aromatic rings. The van der Waals surface area contributed by atoms with E-state index >= 15 is 0 Å². The van der Waals surface area contributed by atoms with Gasteiger partial charge in [0, 0.05) is 11.4 Å². The standard InChI is InChI=1S/C10H17BrO2/c1-2-12-9-6-5-8-7(11)3-4-10(9)13-8/h7-10H,2-6H2,1H3/t7-,8-,9-,10-/m1/s1. The second kappa shape index (κ2) is 4.28. The third-order valence-corrected chi connectivity index (χ3v) is 4.06. The van der Waals surface area contributed by atoms with Gasteiger partial charge < -0.3 is 9.47 Å². The zero-order chi connectivity index (χ0) is 9.26.